The Labute approximate surface area is 160 Å². The lowest BCUT2D eigenvalue weighted by atomic mass is 9.82. The minimum atomic E-state index is 0. The van der Waals surface area contributed by atoms with Crippen LogP contribution in [-0.4, -0.2) is 29.9 Å². The first-order chi connectivity index (χ1) is 11.7. The molecule has 2 bridgehead atoms. The van der Waals surface area contributed by atoms with Crippen molar-refractivity contribution in [1.29, 1.82) is 0 Å². The van der Waals surface area contributed by atoms with Crippen LogP contribution >= 0.6 is 0 Å². The van der Waals surface area contributed by atoms with E-state index in [1.165, 1.54) is 65.6 Å². The van der Waals surface area contributed by atoms with Crippen molar-refractivity contribution >= 4 is 5.78 Å². The lowest BCUT2D eigenvalue weighted by Crippen LogP contribution is -3.00. The second kappa shape index (κ2) is 6.07. The van der Waals surface area contributed by atoms with Crippen molar-refractivity contribution in [1.82, 2.24) is 0 Å². The predicted molar refractivity (Wildman–Crippen MR) is 95.9 cm³/mol. The SMILES string of the molecule is CC(=O)c1ccc2c(c1)C([N+]13CCC(CC1)CC3)c1ccccc1-2.[Br-]. The van der Waals surface area contributed by atoms with Gasteiger partial charge in [0, 0.05) is 16.7 Å². The third kappa shape index (κ3) is 2.43. The Morgan fingerprint density at radius 2 is 1.56 bits per heavy atom. The summed E-state index contributed by atoms with van der Waals surface area (Å²) >= 11 is 0. The molecule has 0 aromatic heterocycles. The predicted octanol–water partition coefficient (Wildman–Crippen LogP) is 1.59. The number of ketones is 1. The van der Waals surface area contributed by atoms with E-state index in [1.807, 2.05) is 6.07 Å². The normalized spacial score (nSPS) is 28.8. The van der Waals surface area contributed by atoms with Crippen LogP contribution in [0.1, 0.15) is 53.7 Å². The number of nitrogens with zero attached hydrogens (tertiary/aromatic N) is 1. The molecule has 0 spiro atoms. The third-order valence-electron chi connectivity index (χ3n) is 6.79. The molecule has 1 aliphatic carbocycles. The molecule has 3 saturated heterocycles. The summed E-state index contributed by atoms with van der Waals surface area (Å²) in [5.41, 5.74) is 6.46. The maximum Gasteiger partial charge on any atom is 0.159 e. The summed E-state index contributed by atoms with van der Waals surface area (Å²) in [5, 5.41) is 0. The number of Topliss-reactive ketones (excluding diaryl/α,β-unsaturated/α-hetero) is 1. The van der Waals surface area contributed by atoms with Gasteiger partial charge in [-0.05, 0) is 49.3 Å². The molecule has 25 heavy (non-hydrogen) atoms. The molecular formula is C22H24BrNO. The van der Waals surface area contributed by atoms with Crippen LogP contribution in [0.5, 0.6) is 0 Å². The van der Waals surface area contributed by atoms with E-state index in [-0.39, 0.29) is 22.8 Å². The van der Waals surface area contributed by atoms with E-state index in [4.69, 9.17) is 0 Å². The van der Waals surface area contributed by atoms with Gasteiger partial charge >= 0.3 is 0 Å². The second-order valence-corrected chi connectivity index (χ2v) is 7.97. The fourth-order valence-corrected chi connectivity index (χ4v) is 5.47. The molecule has 2 nitrogen and oxygen atoms in total. The summed E-state index contributed by atoms with van der Waals surface area (Å²) in [4.78, 5) is 12.0. The van der Waals surface area contributed by atoms with Gasteiger partial charge in [-0.3, -0.25) is 4.79 Å². The molecule has 3 heteroatoms. The Morgan fingerprint density at radius 3 is 2.24 bits per heavy atom. The van der Waals surface area contributed by atoms with E-state index in [1.54, 1.807) is 6.92 Å². The third-order valence-corrected chi connectivity index (χ3v) is 6.79. The second-order valence-electron chi connectivity index (χ2n) is 7.97. The Bertz CT molecular complexity index is 822. The summed E-state index contributed by atoms with van der Waals surface area (Å²) < 4.78 is 1.21. The van der Waals surface area contributed by atoms with E-state index >= 15 is 0 Å². The monoisotopic (exact) mass is 397 g/mol. The maximum atomic E-state index is 12.0. The van der Waals surface area contributed by atoms with Crippen LogP contribution in [0.3, 0.4) is 0 Å². The molecule has 2 aromatic rings. The van der Waals surface area contributed by atoms with Gasteiger partial charge in [0.25, 0.3) is 0 Å². The fraction of sp³-hybridized carbons (Fsp3) is 0.409. The van der Waals surface area contributed by atoms with E-state index in [2.05, 4.69) is 36.4 Å². The molecule has 0 amide bonds. The number of quaternary nitrogens is 1. The summed E-state index contributed by atoms with van der Waals surface area (Å²) in [5.74, 6) is 1.13. The molecule has 1 atom stereocenters. The lowest BCUT2D eigenvalue weighted by Gasteiger charge is -2.53. The Hall–Kier alpha value is -1.45. The van der Waals surface area contributed by atoms with Crippen LogP contribution in [-0.2, 0) is 0 Å². The molecular weight excluding hydrogens is 374 g/mol. The van der Waals surface area contributed by atoms with Crippen molar-refractivity contribution < 1.29 is 26.3 Å². The smallest absolute Gasteiger partial charge is 0.159 e. The van der Waals surface area contributed by atoms with Gasteiger partial charge in [-0.15, -0.1) is 0 Å². The molecule has 3 aliphatic heterocycles. The number of piperidine rings is 3. The standard InChI is InChI=1S/C22H24NO.BrH/c1-15(24)17-6-7-19-18-4-2-3-5-20(18)22(21(19)14-17)23-11-8-16(9-12-23)10-13-23;/h2-7,14,16,22H,8-13H2,1H3;1H/q+1;/p-1. The number of rotatable bonds is 2. The van der Waals surface area contributed by atoms with Crippen molar-refractivity contribution in [2.75, 3.05) is 19.6 Å². The molecule has 6 rings (SSSR count). The molecule has 1 unspecified atom stereocenters. The van der Waals surface area contributed by atoms with Crippen LogP contribution < -0.4 is 17.0 Å². The number of carbonyl (C=O) groups is 1. The van der Waals surface area contributed by atoms with Gasteiger partial charge < -0.3 is 21.5 Å². The van der Waals surface area contributed by atoms with Crippen molar-refractivity contribution in [3.8, 4) is 11.1 Å². The average molecular weight is 398 g/mol. The lowest BCUT2D eigenvalue weighted by molar-refractivity contribution is -0.965. The van der Waals surface area contributed by atoms with Crippen LogP contribution in [0.2, 0.25) is 0 Å². The molecule has 2 aromatic carbocycles. The van der Waals surface area contributed by atoms with Gasteiger partial charge in [-0.1, -0.05) is 36.4 Å². The summed E-state index contributed by atoms with van der Waals surface area (Å²) in [6.07, 6.45) is 4.13. The van der Waals surface area contributed by atoms with E-state index in [0.29, 0.717) is 6.04 Å². The van der Waals surface area contributed by atoms with E-state index < -0.39 is 0 Å². The zero-order chi connectivity index (χ0) is 16.3. The Balaban J connectivity index is 0.00000157. The van der Waals surface area contributed by atoms with Gasteiger partial charge in [-0.25, -0.2) is 0 Å². The highest BCUT2D eigenvalue weighted by molar-refractivity contribution is 5.95. The highest BCUT2D eigenvalue weighted by Crippen LogP contribution is 2.52. The first-order valence-corrected chi connectivity index (χ1v) is 9.28. The van der Waals surface area contributed by atoms with Gasteiger partial charge in [0.05, 0.1) is 19.6 Å². The first kappa shape index (κ1) is 17.0. The number of carbonyl (C=O) groups excluding carboxylic acids is 1. The minimum Gasteiger partial charge on any atom is -1.00 e. The molecule has 3 heterocycles. The van der Waals surface area contributed by atoms with Crippen molar-refractivity contribution in [2.45, 2.75) is 32.2 Å². The Kier molecular flexibility index (Phi) is 4.12. The van der Waals surface area contributed by atoms with Gasteiger partial charge in [0.1, 0.15) is 6.04 Å². The van der Waals surface area contributed by atoms with Crippen molar-refractivity contribution in [3.05, 3.63) is 59.2 Å². The largest absolute Gasteiger partial charge is 1.00 e. The summed E-state index contributed by atoms with van der Waals surface area (Å²) in [7, 11) is 0. The molecule has 130 valence electrons. The van der Waals surface area contributed by atoms with Crippen molar-refractivity contribution in [3.63, 3.8) is 0 Å². The number of halogens is 1. The van der Waals surface area contributed by atoms with Crippen molar-refractivity contribution in [2.24, 2.45) is 5.92 Å². The highest BCUT2D eigenvalue weighted by atomic mass is 79.9. The van der Waals surface area contributed by atoms with Gasteiger partial charge in [-0.2, -0.15) is 0 Å². The van der Waals surface area contributed by atoms with Gasteiger partial charge in [0.15, 0.2) is 5.78 Å². The molecule has 0 radical (unpaired) electrons. The number of hydrogen-bond donors (Lipinski definition) is 0. The highest BCUT2D eigenvalue weighted by Gasteiger charge is 2.49. The Morgan fingerprint density at radius 1 is 0.920 bits per heavy atom. The number of fused-ring (bicyclic) bond motifs is 6. The molecule has 4 aliphatic rings. The molecule has 0 N–H and O–H groups in total. The number of hydrogen-bond acceptors (Lipinski definition) is 1. The van der Waals surface area contributed by atoms with E-state index in [9.17, 15) is 4.79 Å². The topological polar surface area (TPSA) is 17.1 Å². The number of benzene rings is 2. The fourth-order valence-electron chi connectivity index (χ4n) is 5.47. The summed E-state index contributed by atoms with van der Waals surface area (Å²) in [6.45, 7) is 5.58. The summed E-state index contributed by atoms with van der Waals surface area (Å²) in [6, 6.07) is 15.7. The van der Waals surface area contributed by atoms with Crippen LogP contribution in [0.4, 0.5) is 0 Å². The quantitative estimate of drug-likeness (QED) is 0.555. The van der Waals surface area contributed by atoms with E-state index in [0.717, 1.165) is 11.5 Å². The van der Waals surface area contributed by atoms with Crippen LogP contribution in [0.25, 0.3) is 11.1 Å². The zero-order valence-corrected chi connectivity index (χ0v) is 16.3. The average Bonchev–Trinajstić information content (AvgIpc) is 2.97. The zero-order valence-electron chi connectivity index (χ0n) is 14.7. The molecule has 0 saturated carbocycles. The minimum absolute atomic E-state index is 0. The maximum absolute atomic E-state index is 12.0. The van der Waals surface area contributed by atoms with Gasteiger partial charge in [0.2, 0.25) is 0 Å². The first-order valence-electron chi connectivity index (χ1n) is 9.28. The van der Waals surface area contributed by atoms with Crippen LogP contribution in [0, 0.1) is 5.92 Å². The molecule has 3 fully saturated rings. The van der Waals surface area contributed by atoms with Crippen LogP contribution in [0.15, 0.2) is 42.5 Å².